The van der Waals surface area contributed by atoms with Crippen molar-refractivity contribution in [3.63, 3.8) is 0 Å². The fourth-order valence-electron chi connectivity index (χ4n) is 5.06. The molecule has 0 bridgehead atoms. The number of aryl methyl sites for hydroxylation is 2. The highest BCUT2D eigenvalue weighted by molar-refractivity contribution is 5.58. The Kier molecular flexibility index (Phi) is 10.7. The normalized spacial score (nSPS) is 15.5. The van der Waals surface area contributed by atoms with Crippen LogP contribution in [0.2, 0.25) is 0 Å². The van der Waals surface area contributed by atoms with Crippen molar-refractivity contribution in [3.8, 4) is 0 Å². The number of hydrogen-bond acceptors (Lipinski definition) is 4. The SMILES string of the molecule is C=C(CC)NC/C(=C/C)N(CCCC)CC(=C)Nc1ccc([C@H]2CCCN2c2ccc(C)cc2)cc1C. The summed E-state index contributed by atoms with van der Waals surface area (Å²) >= 11 is 0. The number of nitrogens with zero attached hydrogens (tertiary/aromatic N) is 2. The van der Waals surface area contributed by atoms with Crippen molar-refractivity contribution in [2.45, 2.75) is 72.8 Å². The molecule has 37 heavy (non-hydrogen) atoms. The monoisotopic (exact) mass is 500 g/mol. The minimum atomic E-state index is 0.436. The molecule has 3 rings (SSSR count). The molecular formula is C33H48N4. The summed E-state index contributed by atoms with van der Waals surface area (Å²) in [7, 11) is 0. The molecule has 1 saturated heterocycles. The second-order valence-electron chi connectivity index (χ2n) is 10.4. The Morgan fingerprint density at radius 1 is 1.08 bits per heavy atom. The van der Waals surface area contributed by atoms with Gasteiger partial charge in [0.2, 0.25) is 0 Å². The van der Waals surface area contributed by atoms with Gasteiger partial charge in [-0.05, 0) is 75.8 Å². The predicted molar refractivity (Wildman–Crippen MR) is 162 cm³/mol. The van der Waals surface area contributed by atoms with Crippen LogP contribution in [0.3, 0.4) is 0 Å². The van der Waals surface area contributed by atoms with Crippen LogP contribution < -0.4 is 15.5 Å². The third-order valence-corrected chi connectivity index (χ3v) is 7.41. The molecular weight excluding hydrogens is 452 g/mol. The topological polar surface area (TPSA) is 30.5 Å². The first kappa shape index (κ1) is 28.4. The standard InChI is InChI=1S/C33H48N4/c1-8-11-20-36(30(10-3)23-34-27(6)9-2)24-28(7)35-32-19-16-29(22-26(32)5)33-13-12-21-37(33)31-17-14-25(4)15-18-31/h10,14-19,22,33-35H,6-9,11-13,20-21,23-24H2,1-5H3/b30-10-/t33-/m1/s1. The first-order valence-corrected chi connectivity index (χ1v) is 14.1. The Balaban J connectivity index is 1.67. The van der Waals surface area contributed by atoms with Crippen LogP contribution in [-0.2, 0) is 0 Å². The van der Waals surface area contributed by atoms with E-state index in [0.29, 0.717) is 6.04 Å². The molecule has 1 fully saturated rings. The highest BCUT2D eigenvalue weighted by atomic mass is 15.2. The van der Waals surface area contributed by atoms with E-state index in [1.807, 2.05) is 0 Å². The second kappa shape index (κ2) is 14.0. The zero-order chi connectivity index (χ0) is 26.8. The molecule has 2 aromatic carbocycles. The highest BCUT2D eigenvalue weighted by Crippen LogP contribution is 2.37. The molecule has 0 spiro atoms. The molecule has 0 aromatic heterocycles. The molecule has 1 atom stereocenters. The van der Waals surface area contributed by atoms with Gasteiger partial charge in [0.05, 0.1) is 19.1 Å². The third-order valence-electron chi connectivity index (χ3n) is 7.41. The smallest absolute Gasteiger partial charge is 0.0571 e. The van der Waals surface area contributed by atoms with Gasteiger partial charge in [-0.3, -0.25) is 0 Å². The Morgan fingerprint density at radius 3 is 2.49 bits per heavy atom. The Labute approximate surface area is 226 Å². The quantitative estimate of drug-likeness (QED) is 0.274. The zero-order valence-corrected chi connectivity index (χ0v) is 23.9. The summed E-state index contributed by atoms with van der Waals surface area (Å²) in [5.74, 6) is 0. The molecule has 0 saturated carbocycles. The largest absolute Gasteiger partial charge is 0.383 e. The number of benzene rings is 2. The van der Waals surface area contributed by atoms with Gasteiger partial charge in [-0.1, -0.05) is 69.3 Å². The molecule has 0 unspecified atom stereocenters. The first-order chi connectivity index (χ1) is 17.9. The molecule has 4 heteroatoms. The van der Waals surface area contributed by atoms with Crippen molar-refractivity contribution in [1.29, 1.82) is 0 Å². The van der Waals surface area contributed by atoms with E-state index >= 15 is 0 Å². The molecule has 0 radical (unpaired) electrons. The van der Waals surface area contributed by atoms with Crippen LogP contribution in [0.5, 0.6) is 0 Å². The van der Waals surface area contributed by atoms with Crippen LogP contribution in [0, 0.1) is 13.8 Å². The maximum absolute atomic E-state index is 4.40. The average Bonchev–Trinajstić information content (AvgIpc) is 3.38. The molecule has 0 aliphatic carbocycles. The van der Waals surface area contributed by atoms with Gasteiger partial charge in [0.25, 0.3) is 0 Å². The van der Waals surface area contributed by atoms with Crippen molar-refractivity contribution in [1.82, 2.24) is 10.2 Å². The minimum absolute atomic E-state index is 0.436. The van der Waals surface area contributed by atoms with Crippen molar-refractivity contribution < 1.29 is 0 Å². The number of unbranched alkanes of at least 4 members (excludes halogenated alkanes) is 1. The lowest BCUT2D eigenvalue weighted by molar-refractivity contribution is 0.354. The second-order valence-corrected chi connectivity index (χ2v) is 10.4. The van der Waals surface area contributed by atoms with Gasteiger partial charge in [-0.2, -0.15) is 0 Å². The number of anilines is 2. The highest BCUT2D eigenvalue weighted by Gasteiger charge is 2.26. The molecule has 200 valence electrons. The van der Waals surface area contributed by atoms with Crippen LogP contribution in [0.15, 0.2) is 78.8 Å². The summed E-state index contributed by atoms with van der Waals surface area (Å²) in [6.45, 7) is 23.1. The van der Waals surface area contributed by atoms with Crippen molar-refractivity contribution in [3.05, 3.63) is 95.5 Å². The van der Waals surface area contributed by atoms with Gasteiger partial charge in [-0.25, -0.2) is 0 Å². The number of rotatable bonds is 14. The van der Waals surface area contributed by atoms with E-state index in [9.17, 15) is 0 Å². The molecule has 1 aliphatic heterocycles. The minimum Gasteiger partial charge on any atom is -0.383 e. The van der Waals surface area contributed by atoms with Crippen molar-refractivity contribution >= 4 is 11.4 Å². The fraction of sp³-hybridized carbons (Fsp3) is 0.455. The third kappa shape index (κ3) is 7.92. The maximum atomic E-state index is 4.40. The van der Waals surface area contributed by atoms with E-state index in [1.165, 1.54) is 47.3 Å². The van der Waals surface area contributed by atoms with E-state index in [-0.39, 0.29) is 0 Å². The zero-order valence-electron chi connectivity index (χ0n) is 23.9. The van der Waals surface area contributed by atoms with Crippen molar-refractivity contribution in [2.24, 2.45) is 0 Å². The van der Waals surface area contributed by atoms with Gasteiger partial charge < -0.3 is 20.4 Å². The molecule has 1 aliphatic rings. The lowest BCUT2D eigenvalue weighted by Crippen LogP contribution is -2.33. The number of allylic oxidation sites excluding steroid dienone is 2. The van der Waals surface area contributed by atoms with Gasteiger partial charge in [0, 0.05) is 41.6 Å². The molecule has 0 amide bonds. The van der Waals surface area contributed by atoms with Crippen LogP contribution >= 0.6 is 0 Å². The number of hydrogen-bond donors (Lipinski definition) is 2. The first-order valence-electron chi connectivity index (χ1n) is 14.1. The predicted octanol–water partition coefficient (Wildman–Crippen LogP) is 8.09. The summed E-state index contributed by atoms with van der Waals surface area (Å²) in [4.78, 5) is 5.00. The lowest BCUT2D eigenvalue weighted by Gasteiger charge is -2.30. The Bertz CT molecular complexity index is 1070. The van der Waals surface area contributed by atoms with E-state index in [1.54, 1.807) is 0 Å². The Morgan fingerprint density at radius 2 is 1.84 bits per heavy atom. The van der Waals surface area contributed by atoms with Crippen LogP contribution in [0.1, 0.15) is 75.6 Å². The summed E-state index contributed by atoms with van der Waals surface area (Å²) in [5.41, 5.74) is 9.82. The van der Waals surface area contributed by atoms with Gasteiger partial charge in [-0.15, -0.1) is 0 Å². The summed E-state index contributed by atoms with van der Waals surface area (Å²) in [6, 6.07) is 16.3. The maximum Gasteiger partial charge on any atom is 0.0571 e. The summed E-state index contributed by atoms with van der Waals surface area (Å²) in [6.07, 6.45) is 7.91. The van der Waals surface area contributed by atoms with Crippen LogP contribution in [-0.4, -0.2) is 31.1 Å². The van der Waals surface area contributed by atoms with E-state index in [0.717, 1.165) is 56.1 Å². The van der Waals surface area contributed by atoms with E-state index in [2.05, 4.69) is 117 Å². The fourth-order valence-corrected chi connectivity index (χ4v) is 5.06. The van der Waals surface area contributed by atoms with Gasteiger partial charge in [0.1, 0.15) is 0 Å². The van der Waals surface area contributed by atoms with E-state index in [4.69, 9.17) is 0 Å². The van der Waals surface area contributed by atoms with Gasteiger partial charge >= 0.3 is 0 Å². The average molecular weight is 501 g/mol. The molecule has 1 heterocycles. The summed E-state index contributed by atoms with van der Waals surface area (Å²) in [5, 5.41) is 7.09. The number of nitrogens with one attached hydrogen (secondary N) is 2. The summed E-state index contributed by atoms with van der Waals surface area (Å²) < 4.78 is 0. The Hall–Kier alpha value is -3.14. The van der Waals surface area contributed by atoms with Gasteiger partial charge in [0.15, 0.2) is 0 Å². The molecule has 2 N–H and O–H groups in total. The lowest BCUT2D eigenvalue weighted by atomic mass is 10.0. The van der Waals surface area contributed by atoms with Crippen molar-refractivity contribution in [2.75, 3.05) is 36.4 Å². The van der Waals surface area contributed by atoms with E-state index < -0.39 is 0 Å². The molecule has 2 aromatic rings. The molecule has 4 nitrogen and oxygen atoms in total. The van der Waals surface area contributed by atoms with Crippen LogP contribution in [0.4, 0.5) is 11.4 Å². The van der Waals surface area contributed by atoms with Crippen LogP contribution in [0.25, 0.3) is 0 Å².